The van der Waals surface area contributed by atoms with Crippen LogP contribution in [0.5, 0.6) is 0 Å². The summed E-state index contributed by atoms with van der Waals surface area (Å²) < 4.78 is 4.94. The van der Waals surface area contributed by atoms with Crippen LogP contribution in [0.25, 0.3) is 0 Å². The summed E-state index contributed by atoms with van der Waals surface area (Å²) in [6.45, 7) is 3.47. The third-order valence-electron chi connectivity index (χ3n) is 1.94. The Labute approximate surface area is 94.2 Å². The molecule has 3 N–H and O–H groups in total. The standard InChI is InChI=1S/C11H16N2O3/c1-11(2,15)5-6-16-10(14)9-4-3-8(12)7-13-9/h3-4,7,15H,5-6,12H2,1-2H3. The molecule has 0 spiro atoms. The number of anilines is 1. The zero-order valence-electron chi connectivity index (χ0n) is 9.43. The normalized spacial score (nSPS) is 11.2. The van der Waals surface area contributed by atoms with Gasteiger partial charge in [-0.25, -0.2) is 9.78 Å². The van der Waals surface area contributed by atoms with Crippen LogP contribution in [0.15, 0.2) is 18.3 Å². The van der Waals surface area contributed by atoms with Crippen molar-refractivity contribution < 1.29 is 14.6 Å². The van der Waals surface area contributed by atoms with Crippen molar-refractivity contribution in [3.63, 3.8) is 0 Å². The summed E-state index contributed by atoms with van der Waals surface area (Å²) >= 11 is 0. The molecule has 1 rings (SSSR count). The molecule has 0 fully saturated rings. The Morgan fingerprint density at radius 2 is 2.25 bits per heavy atom. The third kappa shape index (κ3) is 4.27. The molecule has 5 nitrogen and oxygen atoms in total. The van der Waals surface area contributed by atoms with Gasteiger partial charge in [0.2, 0.25) is 0 Å². The average Bonchev–Trinajstić information content (AvgIpc) is 2.16. The second-order valence-electron chi connectivity index (χ2n) is 4.18. The molecule has 0 aliphatic carbocycles. The highest BCUT2D eigenvalue weighted by Crippen LogP contribution is 2.08. The van der Waals surface area contributed by atoms with Crippen molar-refractivity contribution in [3.8, 4) is 0 Å². The van der Waals surface area contributed by atoms with E-state index in [0.717, 1.165) is 0 Å². The fourth-order valence-corrected chi connectivity index (χ4v) is 0.993. The van der Waals surface area contributed by atoms with Crippen LogP contribution in [0.4, 0.5) is 5.69 Å². The molecular formula is C11H16N2O3. The van der Waals surface area contributed by atoms with Crippen molar-refractivity contribution in [2.24, 2.45) is 0 Å². The quantitative estimate of drug-likeness (QED) is 0.745. The first-order valence-corrected chi connectivity index (χ1v) is 4.99. The Balaban J connectivity index is 2.44. The molecule has 0 saturated heterocycles. The second kappa shape index (κ2) is 4.94. The monoisotopic (exact) mass is 224 g/mol. The summed E-state index contributed by atoms with van der Waals surface area (Å²) in [5, 5.41) is 9.41. The van der Waals surface area contributed by atoms with Gasteiger partial charge in [0.1, 0.15) is 5.69 Å². The molecule has 88 valence electrons. The SMILES string of the molecule is CC(C)(O)CCOC(=O)c1ccc(N)cn1. The number of hydrogen-bond donors (Lipinski definition) is 2. The minimum Gasteiger partial charge on any atom is -0.461 e. The molecule has 0 aliphatic heterocycles. The summed E-state index contributed by atoms with van der Waals surface area (Å²) in [6.07, 6.45) is 1.78. The number of nitrogen functional groups attached to an aromatic ring is 1. The lowest BCUT2D eigenvalue weighted by atomic mass is 10.1. The van der Waals surface area contributed by atoms with E-state index < -0.39 is 11.6 Å². The first-order chi connectivity index (χ1) is 7.38. The van der Waals surface area contributed by atoms with E-state index in [1.807, 2.05) is 0 Å². The molecule has 0 amide bonds. The summed E-state index contributed by atoms with van der Waals surface area (Å²) in [4.78, 5) is 15.3. The van der Waals surface area contributed by atoms with Gasteiger partial charge in [0.25, 0.3) is 0 Å². The first kappa shape index (κ1) is 12.4. The van der Waals surface area contributed by atoms with Gasteiger partial charge in [0.05, 0.1) is 24.1 Å². The van der Waals surface area contributed by atoms with Crippen molar-refractivity contribution in [2.75, 3.05) is 12.3 Å². The molecule has 1 heterocycles. The van der Waals surface area contributed by atoms with Crippen molar-refractivity contribution >= 4 is 11.7 Å². The number of nitrogens with zero attached hydrogens (tertiary/aromatic N) is 1. The van der Waals surface area contributed by atoms with Gasteiger partial charge in [-0.1, -0.05) is 0 Å². The lowest BCUT2D eigenvalue weighted by Crippen LogP contribution is -2.22. The van der Waals surface area contributed by atoms with Crippen LogP contribution in [0.2, 0.25) is 0 Å². The van der Waals surface area contributed by atoms with Crippen molar-refractivity contribution in [2.45, 2.75) is 25.9 Å². The van der Waals surface area contributed by atoms with Gasteiger partial charge < -0.3 is 15.6 Å². The summed E-state index contributed by atoms with van der Waals surface area (Å²) in [7, 11) is 0. The molecule has 5 heteroatoms. The predicted molar refractivity (Wildman–Crippen MR) is 59.8 cm³/mol. The zero-order chi connectivity index (χ0) is 12.2. The van der Waals surface area contributed by atoms with Gasteiger partial charge >= 0.3 is 5.97 Å². The number of ether oxygens (including phenoxy) is 1. The number of carbonyl (C=O) groups excluding carboxylic acids is 1. The van der Waals surface area contributed by atoms with Gasteiger partial charge in [-0.05, 0) is 26.0 Å². The van der Waals surface area contributed by atoms with Crippen LogP contribution < -0.4 is 5.73 Å². The van der Waals surface area contributed by atoms with Crippen LogP contribution in [-0.4, -0.2) is 28.3 Å². The first-order valence-electron chi connectivity index (χ1n) is 4.99. The van der Waals surface area contributed by atoms with Gasteiger partial charge in [-0.15, -0.1) is 0 Å². The molecule has 1 aromatic rings. The highest BCUT2D eigenvalue weighted by molar-refractivity contribution is 5.87. The highest BCUT2D eigenvalue weighted by Gasteiger charge is 2.14. The molecule has 0 bridgehead atoms. The number of aromatic nitrogens is 1. The van der Waals surface area contributed by atoms with Crippen molar-refractivity contribution in [1.29, 1.82) is 0 Å². The Morgan fingerprint density at radius 1 is 1.56 bits per heavy atom. The van der Waals surface area contributed by atoms with E-state index in [1.54, 1.807) is 19.9 Å². The Kier molecular flexibility index (Phi) is 3.84. The van der Waals surface area contributed by atoms with Crippen LogP contribution in [0.1, 0.15) is 30.8 Å². The maximum absolute atomic E-state index is 11.4. The Bertz CT molecular complexity index is 354. The van der Waals surface area contributed by atoms with E-state index in [2.05, 4.69) is 4.98 Å². The Morgan fingerprint density at radius 3 is 2.75 bits per heavy atom. The molecular weight excluding hydrogens is 208 g/mol. The Hall–Kier alpha value is -1.62. The summed E-state index contributed by atoms with van der Waals surface area (Å²) in [6, 6.07) is 3.08. The average molecular weight is 224 g/mol. The number of nitrogens with two attached hydrogens (primary N) is 1. The van der Waals surface area contributed by atoms with E-state index in [-0.39, 0.29) is 12.3 Å². The van der Waals surface area contributed by atoms with Gasteiger partial charge in [-0.2, -0.15) is 0 Å². The number of esters is 1. The molecule has 0 aromatic carbocycles. The molecule has 0 radical (unpaired) electrons. The third-order valence-corrected chi connectivity index (χ3v) is 1.94. The molecule has 0 atom stereocenters. The van der Waals surface area contributed by atoms with E-state index in [0.29, 0.717) is 12.1 Å². The maximum Gasteiger partial charge on any atom is 0.356 e. The largest absolute Gasteiger partial charge is 0.461 e. The predicted octanol–water partition coefficient (Wildman–Crippen LogP) is 0.982. The molecule has 0 saturated carbocycles. The molecule has 1 aromatic heterocycles. The number of aliphatic hydroxyl groups is 1. The van der Waals surface area contributed by atoms with E-state index in [1.165, 1.54) is 12.3 Å². The van der Waals surface area contributed by atoms with Gasteiger partial charge in [0, 0.05) is 6.42 Å². The smallest absolute Gasteiger partial charge is 0.356 e. The fourth-order valence-electron chi connectivity index (χ4n) is 0.993. The minimum atomic E-state index is -0.838. The van der Waals surface area contributed by atoms with Crippen molar-refractivity contribution in [3.05, 3.63) is 24.0 Å². The van der Waals surface area contributed by atoms with Crippen LogP contribution in [0, 0.1) is 0 Å². The van der Waals surface area contributed by atoms with Crippen LogP contribution in [-0.2, 0) is 4.74 Å². The summed E-state index contributed by atoms with van der Waals surface area (Å²) in [5.41, 5.74) is 5.30. The molecule has 16 heavy (non-hydrogen) atoms. The molecule has 0 aliphatic rings. The highest BCUT2D eigenvalue weighted by atomic mass is 16.5. The maximum atomic E-state index is 11.4. The van der Waals surface area contributed by atoms with E-state index in [4.69, 9.17) is 10.5 Å². The lowest BCUT2D eigenvalue weighted by molar-refractivity contribution is 0.0240. The van der Waals surface area contributed by atoms with E-state index in [9.17, 15) is 9.90 Å². The number of hydrogen-bond acceptors (Lipinski definition) is 5. The zero-order valence-corrected chi connectivity index (χ0v) is 9.43. The van der Waals surface area contributed by atoms with Crippen LogP contribution in [0.3, 0.4) is 0 Å². The minimum absolute atomic E-state index is 0.161. The number of rotatable bonds is 4. The number of pyridine rings is 1. The van der Waals surface area contributed by atoms with Gasteiger partial charge in [0.15, 0.2) is 0 Å². The van der Waals surface area contributed by atoms with Crippen molar-refractivity contribution in [1.82, 2.24) is 4.98 Å². The fraction of sp³-hybridized carbons (Fsp3) is 0.455. The lowest BCUT2D eigenvalue weighted by Gasteiger charge is -2.16. The topological polar surface area (TPSA) is 85.4 Å². The van der Waals surface area contributed by atoms with Crippen LogP contribution >= 0.6 is 0 Å². The van der Waals surface area contributed by atoms with E-state index >= 15 is 0 Å². The second-order valence-corrected chi connectivity index (χ2v) is 4.18. The summed E-state index contributed by atoms with van der Waals surface area (Å²) in [5.74, 6) is -0.510. The number of carbonyl (C=O) groups is 1. The molecule has 0 unspecified atom stereocenters. The van der Waals surface area contributed by atoms with Gasteiger partial charge in [-0.3, -0.25) is 0 Å².